The predicted octanol–water partition coefficient (Wildman–Crippen LogP) is -1.03. The quantitative estimate of drug-likeness (QED) is 0.483. The van der Waals surface area contributed by atoms with E-state index in [1.54, 1.807) is 0 Å². The predicted molar refractivity (Wildman–Crippen MR) is 56.0 cm³/mol. The monoisotopic (exact) mass is 216 g/mol. The van der Waals surface area contributed by atoms with E-state index < -0.39 is 6.04 Å². The molecule has 1 aliphatic rings. The third kappa shape index (κ3) is 3.77. The van der Waals surface area contributed by atoms with Crippen LogP contribution in [0.3, 0.4) is 0 Å². The second-order valence-electron chi connectivity index (χ2n) is 4.18. The van der Waals surface area contributed by atoms with E-state index in [1.807, 2.05) is 0 Å². The minimum absolute atomic E-state index is 0.00889. The van der Waals surface area contributed by atoms with E-state index in [0.29, 0.717) is 0 Å². The molecule has 0 aliphatic heterocycles. The van der Waals surface area contributed by atoms with Gasteiger partial charge in [0, 0.05) is 12.0 Å². The molecule has 88 valence electrons. The topological polar surface area (TPSA) is 95.6 Å². The first-order valence-electron chi connectivity index (χ1n) is 5.45. The van der Waals surface area contributed by atoms with Crippen LogP contribution in [0.25, 0.3) is 0 Å². The molecule has 5 nitrogen and oxygen atoms in total. The van der Waals surface area contributed by atoms with Crippen molar-refractivity contribution >= 4 is 5.91 Å². The number of nitrogens with two attached hydrogens (primary N) is 1. The number of carbonyl (C=O) groups excluding carboxylic acids is 1. The first-order chi connectivity index (χ1) is 7.17. The van der Waals surface area contributed by atoms with Crippen molar-refractivity contribution in [2.75, 3.05) is 13.2 Å². The highest BCUT2D eigenvalue weighted by atomic mass is 16.3. The first kappa shape index (κ1) is 12.4. The molecule has 0 atom stereocenters. The molecule has 1 amide bonds. The van der Waals surface area contributed by atoms with Gasteiger partial charge in [0.2, 0.25) is 5.91 Å². The largest absolute Gasteiger partial charge is 0.394 e. The van der Waals surface area contributed by atoms with Gasteiger partial charge in [-0.25, -0.2) is 0 Å². The number of hydrogen-bond donors (Lipinski definition) is 4. The summed E-state index contributed by atoms with van der Waals surface area (Å²) in [5.41, 5.74) is 5.74. The van der Waals surface area contributed by atoms with Crippen LogP contribution in [-0.2, 0) is 4.79 Å². The van der Waals surface area contributed by atoms with Crippen molar-refractivity contribution in [2.24, 2.45) is 11.7 Å². The van der Waals surface area contributed by atoms with Crippen LogP contribution in [-0.4, -0.2) is 41.4 Å². The lowest BCUT2D eigenvalue weighted by Gasteiger charge is -2.26. The van der Waals surface area contributed by atoms with Crippen LogP contribution in [0, 0.1) is 5.92 Å². The highest BCUT2D eigenvalue weighted by molar-refractivity contribution is 5.79. The Morgan fingerprint density at radius 3 is 2.27 bits per heavy atom. The Kier molecular flexibility index (Phi) is 5.01. The van der Waals surface area contributed by atoms with Gasteiger partial charge in [-0.2, -0.15) is 0 Å². The fourth-order valence-electron chi connectivity index (χ4n) is 1.85. The molecule has 0 unspecified atom stereocenters. The van der Waals surface area contributed by atoms with Crippen LogP contribution in [0.5, 0.6) is 0 Å². The standard InChI is InChI=1S/C10H20N2O3/c11-8-3-1-7(2-4-8)10(15)12-9(5-13)6-14/h7-9,13-14H,1-6,11H2,(H,12,15). The highest BCUT2D eigenvalue weighted by Crippen LogP contribution is 2.23. The van der Waals surface area contributed by atoms with Crippen molar-refractivity contribution in [3.63, 3.8) is 0 Å². The zero-order chi connectivity index (χ0) is 11.3. The lowest BCUT2D eigenvalue weighted by Crippen LogP contribution is -2.44. The Balaban J connectivity index is 2.33. The van der Waals surface area contributed by atoms with E-state index >= 15 is 0 Å². The Bertz CT molecular complexity index is 199. The molecule has 0 heterocycles. The lowest BCUT2D eigenvalue weighted by molar-refractivity contribution is -0.127. The van der Waals surface area contributed by atoms with Crippen molar-refractivity contribution in [3.8, 4) is 0 Å². The fraction of sp³-hybridized carbons (Fsp3) is 0.900. The zero-order valence-electron chi connectivity index (χ0n) is 8.85. The Morgan fingerprint density at radius 2 is 1.80 bits per heavy atom. The van der Waals surface area contributed by atoms with E-state index in [2.05, 4.69) is 5.32 Å². The van der Waals surface area contributed by atoms with E-state index in [4.69, 9.17) is 15.9 Å². The molecular weight excluding hydrogens is 196 g/mol. The van der Waals surface area contributed by atoms with E-state index in [-0.39, 0.29) is 31.1 Å². The maximum Gasteiger partial charge on any atom is 0.223 e. The summed E-state index contributed by atoms with van der Waals surface area (Å²) in [6, 6.07) is -0.311. The molecule has 0 aromatic rings. The number of carbonyl (C=O) groups is 1. The van der Waals surface area contributed by atoms with Crippen molar-refractivity contribution in [1.82, 2.24) is 5.32 Å². The Labute approximate surface area is 89.7 Å². The van der Waals surface area contributed by atoms with Crippen molar-refractivity contribution in [2.45, 2.75) is 37.8 Å². The molecule has 0 saturated heterocycles. The highest BCUT2D eigenvalue weighted by Gasteiger charge is 2.25. The SMILES string of the molecule is NC1CCC(C(=O)NC(CO)CO)CC1. The van der Waals surface area contributed by atoms with Gasteiger partial charge < -0.3 is 21.3 Å². The van der Waals surface area contributed by atoms with E-state index in [9.17, 15) is 4.79 Å². The molecule has 0 radical (unpaired) electrons. The molecule has 15 heavy (non-hydrogen) atoms. The van der Waals surface area contributed by atoms with Gasteiger partial charge in [-0.1, -0.05) is 0 Å². The zero-order valence-corrected chi connectivity index (χ0v) is 8.85. The van der Waals surface area contributed by atoms with Gasteiger partial charge >= 0.3 is 0 Å². The van der Waals surface area contributed by atoms with Gasteiger partial charge in [-0.15, -0.1) is 0 Å². The smallest absolute Gasteiger partial charge is 0.223 e. The van der Waals surface area contributed by atoms with Crippen molar-refractivity contribution < 1.29 is 15.0 Å². The number of nitrogens with one attached hydrogen (secondary N) is 1. The summed E-state index contributed by atoms with van der Waals surface area (Å²) in [5, 5.41) is 20.3. The van der Waals surface area contributed by atoms with E-state index in [0.717, 1.165) is 25.7 Å². The molecular formula is C10H20N2O3. The van der Waals surface area contributed by atoms with Crippen molar-refractivity contribution in [3.05, 3.63) is 0 Å². The minimum atomic E-state index is -0.534. The fourth-order valence-corrected chi connectivity index (χ4v) is 1.85. The third-order valence-electron chi connectivity index (χ3n) is 2.93. The minimum Gasteiger partial charge on any atom is -0.394 e. The second-order valence-corrected chi connectivity index (χ2v) is 4.18. The molecule has 5 heteroatoms. The molecule has 1 rings (SSSR count). The summed E-state index contributed by atoms with van der Waals surface area (Å²) in [5.74, 6) is -0.0830. The maximum atomic E-state index is 11.7. The van der Waals surface area contributed by atoms with Gasteiger partial charge in [-0.05, 0) is 25.7 Å². The number of amides is 1. The average molecular weight is 216 g/mol. The first-order valence-corrected chi connectivity index (χ1v) is 5.45. The summed E-state index contributed by atoms with van der Waals surface area (Å²) in [4.78, 5) is 11.7. The van der Waals surface area contributed by atoms with Crippen molar-refractivity contribution in [1.29, 1.82) is 0 Å². The Hall–Kier alpha value is -0.650. The normalized spacial score (nSPS) is 26.7. The molecule has 0 spiro atoms. The third-order valence-corrected chi connectivity index (χ3v) is 2.93. The maximum absolute atomic E-state index is 11.7. The van der Waals surface area contributed by atoms with Crippen LogP contribution in [0.1, 0.15) is 25.7 Å². The second kappa shape index (κ2) is 6.05. The summed E-state index contributed by atoms with van der Waals surface area (Å²) in [6.07, 6.45) is 3.36. The van der Waals surface area contributed by atoms with E-state index in [1.165, 1.54) is 0 Å². The molecule has 1 saturated carbocycles. The number of aliphatic hydroxyl groups is 2. The van der Waals surface area contributed by atoms with Crippen LogP contribution in [0.15, 0.2) is 0 Å². The van der Waals surface area contributed by atoms with Gasteiger partial charge in [0.1, 0.15) is 0 Å². The molecule has 1 aliphatic carbocycles. The van der Waals surface area contributed by atoms with Crippen LogP contribution in [0.2, 0.25) is 0 Å². The van der Waals surface area contributed by atoms with Gasteiger partial charge in [0.15, 0.2) is 0 Å². The molecule has 0 aromatic heterocycles. The lowest BCUT2D eigenvalue weighted by atomic mass is 9.86. The summed E-state index contributed by atoms with van der Waals surface area (Å²) < 4.78 is 0. The average Bonchev–Trinajstić information content (AvgIpc) is 2.26. The molecule has 1 fully saturated rings. The van der Waals surface area contributed by atoms with Gasteiger partial charge in [0.25, 0.3) is 0 Å². The molecule has 5 N–H and O–H groups in total. The summed E-state index contributed by atoms with van der Waals surface area (Å²) in [6.45, 7) is -0.455. The summed E-state index contributed by atoms with van der Waals surface area (Å²) in [7, 11) is 0. The number of hydrogen-bond acceptors (Lipinski definition) is 4. The molecule has 0 aromatic carbocycles. The van der Waals surface area contributed by atoms with Crippen LogP contribution < -0.4 is 11.1 Å². The number of rotatable bonds is 4. The number of aliphatic hydroxyl groups excluding tert-OH is 2. The molecule has 0 bridgehead atoms. The summed E-state index contributed by atoms with van der Waals surface area (Å²) >= 11 is 0. The van der Waals surface area contributed by atoms with Gasteiger partial charge in [0.05, 0.1) is 19.3 Å². The Morgan fingerprint density at radius 1 is 1.27 bits per heavy atom. The van der Waals surface area contributed by atoms with Crippen LogP contribution >= 0.6 is 0 Å². The van der Waals surface area contributed by atoms with Crippen LogP contribution in [0.4, 0.5) is 0 Å². The van der Waals surface area contributed by atoms with Gasteiger partial charge in [-0.3, -0.25) is 4.79 Å².